The summed E-state index contributed by atoms with van der Waals surface area (Å²) < 4.78 is 5.51. The molecule has 2 N–H and O–H groups in total. The summed E-state index contributed by atoms with van der Waals surface area (Å²) in [7, 11) is 0. The zero-order valence-corrected chi connectivity index (χ0v) is 18.9. The van der Waals surface area contributed by atoms with Crippen LogP contribution in [0.15, 0.2) is 24.3 Å². The number of carbonyl (C=O) groups excluding carboxylic acids is 3. The minimum atomic E-state index is -0.421. The summed E-state index contributed by atoms with van der Waals surface area (Å²) >= 11 is 0. The molecule has 170 valence electrons. The molecule has 1 aromatic carbocycles. The lowest BCUT2D eigenvalue weighted by Crippen LogP contribution is -2.48. The van der Waals surface area contributed by atoms with Crippen molar-refractivity contribution in [3.63, 3.8) is 0 Å². The third-order valence-electron chi connectivity index (χ3n) is 5.67. The van der Waals surface area contributed by atoms with Crippen molar-refractivity contribution in [1.82, 2.24) is 15.5 Å². The third-order valence-corrected chi connectivity index (χ3v) is 5.67. The molecule has 1 aromatic rings. The van der Waals surface area contributed by atoms with Gasteiger partial charge in [0.1, 0.15) is 5.75 Å². The van der Waals surface area contributed by atoms with E-state index >= 15 is 0 Å². The van der Waals surface area contributed by atoms with Crippen LogP contribution in [0.2, 0.25) is 0 Å². The number of nitrogens with one attached hydrogen (secondary N) is 2. The van der Waals surface area contributed by atoms with Gasteiger partial charge < -0.3 is 20.3 Å². The van der Waals surface area contributed by atoms with Gasteiger partial charge in [-0.15, -0.1) is 0 Å². The zero-order chi connectivity index (χ0) is 22.4. The molecule has 2 aliphatic rings. The van der Waals surface area contributed by atoms with E-state index in [0.29, 0.717) is 31.3 Å². The standard InChI is InChI=1S/C24H35N3O4/c1-24(2,3)23(30)27-14-4-5-18(15-27)22(29)25-13-12-17-6-10-20(11-7-17)31-16-21(28)26-19-8-9-19/h6-7,10-11,18-19H,4-5,8-9,12-16H2,1-3H3,(H,25,29)(H,26,28). The van der Waals surface area contributed by atoms with Gasteiger partial charge in [-0.2, -0.15) is 0 Å². The molecule has 0 aromatic heterocycles. The molecule has 1 atom stereocenters. The van der Waals surface area contributed by atoms with Gasteiger partial charge in [-0.25, -0.2) is 0 Å². The highest BCUT2D eigenvalue weighted by molar-refractivity contribution is 5.84. The van der Waals surface area contributed by atoms with Crippen LogP contribution < -0.4 is 15.4 Å². The van der Waals surface area contributed by atoms with Crippen LogP contribution in [0, 0.1) is 11.3 Å². The molecule has 1 aliphatic heterocycles. The van der Waals surface area contributed by atoms with E-state index in [4.69, 9.17) is 4.74 Å². The van der Waals surface area contributed by atoms with Gasteiger partial charge in [0, 0.05) is 31.1 Å². The average molecular weight is 430 g/mol. The van der Waals surface area contributed by atoms with Crippen molar-refractivity contribution in [2.75, 3.05) is 26.2 Å². The van der Waals surface area contributed by atoms with Gasteiger partial charge in [-0.3, -0.25) is 14.4 Å². The molecule has 31 heavy (non-hydrogen) atoms. The van der Waals surface area contributed by atoms with E-state index in [0.717, 1.165) is 37.8 Å². The normalized spacial score (nSPS) is 18.9. The lowest BCUT2D eigenvalue weighted by atomic mass is 9.91. The predicted molar refractivity (Wildman–Crippen MR) is 119 cm³/mol. The van der Waals surface area contributed by atoms with Crippen molar-refractivity contribution in [3.05, 3.63) is 29.8 Å². The van der Waals surface area contributed by atoms with Crippen LogP contribution >= 0.6 is 0 Å². The van der Waals surface area contributed by atoms with Crippen molar-refractivity contribution >= 4 is 17.7 Å². The molecule has 7 nitrogen and oxygen atoms in total. The smallest absolute Gasteiger partial charge is 0.258 e. The molecule has 1 saturated carbocycles. The van der Waals surface area contributed by atoms with E-state index in [1.807, 2.05) is 49.9 Å². The van der Waals surface area contributed by atoms with Gasteiger partial charge >= 0.3 is 0 Å². The number of amides is 3. The third kappa shape index (κ3) is 7.26. The number of carbonyl (C=O) groups is 3. The Labute approximate surface area is 184 Å². The van der Waals surface area contributed by atoms with Crippen molar-refractivity contribution < 1.29 is 19.1 Å². The lowest BCUT2D eigenvalue weighted by Gasteiger charge is -2.35. The average Bonchev–Trinajstić information content (AvgIpc) is 3.56. The van der Waals surface area contributed by atoms with E-state index in [2.05, 4.69) is 10.6 Å². The predicted octanol–water partition coefficient (Wildman–Crippen LogP) is 2.29. The first-order valence-corrected chi connectivity index (χ1v) is 11.3. The fraction of sp³-hybridized carbons (Fsp3) is 0.625. The van der Waals surface area contributed by atoms with E-state index < -0.39 is 5.41 Å². The molecular weight excluding hydrogens is 394 g/mol. The Hall–Kier alpha value is -2.57. The van der Waals surface area contributed by atoms with Crippen molar-refractivity contribution in [2.45, 2.75) is 58.9 Å². The van der Waals surface area contributed by atoms with E-state index in [1.165, 1.54) is 0 Å². The number of hydrogen-bond donors (Lipinski definition) is 2. The molecule has 3 amide bonds. The maximum Gasteiger partial charge on any atom is 0.258 e. The fourth-order valence-electron chi connectivity index (χ4n) is 3.72. The van der Waals surface area contributed by atoms with Gasteiger partial charge in [0.2, 0.25) is 11.8 Å². The Kier molecular flexibility index (Phi) is 7.57. The van der Waals surface area contributed by atoms with Gasteiger partial charge in [-0.05, 0) is 49.8 Å². The quantitative estimate of drug-likeness (QED) is 0.664. The van der Waals surface area contributed by atoms with Crippen molar-refractivity contribution in [1.29, 1.82) is 0 Å². The number of piperidine rings is 1. The maximum absolute atomic E-state index is 12.6. The van der Waals surface area contributed by atoms with E-state index in [1.54, 1.807) is 0 Å². The van der Waals surface area contributed by atoms with Gasteiger partial charge in [0.15, 0.2) is 6.61 Å². The number of hydrogen-bond acceptors (Lipinski definition) is 4. The lowest BCUT2D eigenvalue weighted by molar-refractivity contribution is -0.142. The number of ether oxygens (including phenoxy) is 1. The summed E-state index contributed by atoms with van der Waals surface area (Å²) in [6.07, 6.45) is 4.52. The van der Waals surface area contributed by atoms with Crippen LogP contribution in [0.25, 0.3) is 0 Å². The molecule has 7 heteroatoms. The molecule has 1 saturated heterocycles. The molecule has 0 bridgehead atoms. The number of likely N-dealkylation sites (tertiary alicyclic amines) is 1. The number of benzene rings is 1. The summed E-state index contributed by atoms with van der Waals surface area (Å²) in [4.78, 5) is 38.6. The van der Waals surface area contributed by atoms with Crippen molar-refractivity contribution in [2.24, 2.45) is 11.3 Å². The van der Waals surface area contributed by atoms with Crippen LogP contribution in [0.5, 0.6) is 5.75 Å². The Morgan fingerprint density at radius 2 is 1.81 bits per heavy atom. The fourth-order valence-corrected chi connectivity index (χ4v) is 3.72. The Morgan fingerprint density at radius 3 is 2.45 bits per heavy atom. The van der Waals surface area contributed by atoms with Crippen LogP contribution in [0.1, 0.15) is 52.0 Å². The first-order chi connectivity index (χ1) is 14.7. The molecule has 1 heterocycles. The molecule has 3 rings (SSSR count). The van der Waals surface area contributed by atoms with Gasteiger partial charge in [0.05, 0.1) is 5.92 Å². The molecular formula is C24H35N3O4. The highest BCUT2D eigenvalue weighted by Gasteiger charge is 2.33. The van der Waals surface area contributed by atoms with Gasteiger partial charge in [-0.1, -0.05) is 32.9 Å². The minimum Gasteiger partial charge on any atom is -0.484 e. The summed E-state index contributed by atoms with van der Waals surface area (Å²) in [5.41, 5.74) is 0.665. The largest absolute Gasteiger partial charge is 0.484 e. The Bertz CT molecular complexity index is 781. The Morgan fingerprint density at radius 1 is 1.10 bits per heavy atom. The second kappa shape index (κ2) is 10.2. The zero-order valence-electron chi connectivity index (χ0n) is 18.9. The summed E-state index contributed by atoms with van der Waals surface area (Å²) in [6, 6.07) is 7.93. The van der Waals surface area contributed by atoms with Crippen LogP contribution in [0.4, 0.5) is 0 Å². The second-order valence-electron chi connectivity index (χ2n) is 9.66. The molecule has 0 radical (unpaired) electrons. The maximum atomic E-state index is 12.6. The number of rotatable bonds is 8. The van der Waals surface area contributed by atoms with Crippen LogP contribution in [-0.2, 0) is 20.8 Å². The first-order valence-electron chi connectivity index (χ1n) is 11.3. The molecule has 2 fully saturated rings. The topological polar surface area (TPSA) is 87.7 Å². The van der Waals surface area contributed by atoms with Gasteiger partial charge in [0.25, 0.3) is 5.91 Å². The second-order valence-corrected chi connectivity index (χ2v) is 9.66. The minimum absolute atomic E-state index is 0.0213. The summed E-state index contributed by atoms with van der Waals surface area (Å²) in [5.74, 6) is 0.562. The molecule has 1 unspecified atom stereocenters. The Balaban J connectivity index is 1.37. The SMILES string of the molecule is CC(C)(C)C(=O)N1CCCC(C(=O)NCCc2ccc(OCC(=O)NC3CC3)cc2)C1. The van der Waals surface area contributed by atoms with E-state index in [-0.39, 0.29) is 30.2 Å². The highest BCUT2D eigenvalue weighted by atomic mass is 16.5. The molecule has 0 spiro atoms. The highest BCUT2D eigenvalue weighted by Crippen LogP contribution is 2.23. The van der Waals surface area contributed by atoms with E-state index in [9.17, 15) is 14.4 Å². The van der Waals surface area contributed by atoms with Crippen LogP contribution in [-0.4, -0.2) is 54.9 Å². The van der Waals surface area contributed by atoms with Crippen LogP contribution in [0.3, 0.4) is 0 Å². The first kappa shape index (κ1) is 23.1. The summed E-state index contributed by atoms with van der Waals surface area (Å²) in [5, 5.41) is 5.91. The van der Waals surface area contributed by atoms with Crippen molar-refractivity contribution in [3.8, 4) is 5.75 Å². The number of nitrogens with zero attached hydrogens (tertiary/aromatic N) is 1. The molecule has 1 aliphatic carbocycles. The monoisotopic (exact) mass is 429 g/mol. The summed E-state index contributed by atoms with van der Waals surface area (Å²) in [6.45, 7) is 7.56.